The van der Waals surface area contributed by atoms with Crippen LogP contribution < -0.4 is 4.72 Å². The molecule has 0 fully saturated rings. The highest BCUT2D eigenvalue weighted by Gasteiger charge is 2.35. The Hall–Kier alpha value is -3.70. The van der Waals surface area contributed by atoms with E-state index < -0.39 is 0 Å². The van der Waals surface area contributed by atoms with E-state index >= 15 is 0 Å². The number of fused-ring (bicyclic) bond motifs is 6. The first-order chi connectivity index (χ1) is 18.4. The summed E-state index contributed by atoms with van der Waals surface area (Å²) in [4.78, 5) is 4.13. The van der Waals surface area contributed by atoms with Crippen molar-refractivity contribution in [3.63, 3.8) is 0 Å². The number of hydrogen-bond donors (Lipinski definition) is 1. The summed E-state index contributed by atoms with van der Waals surface area (Å²) in [6.45, 7) is 0. The molecule has 1 N–H and O–H groups in total. The van der Waals surface area contributed by atoms with Crippen molar-refractivity contribution in [3.8, 4) is 16.8 Å². The molecule has 0 radical (unpaired) electrons. The molecular weight excluding hydrogens is 489 g/mol. The van der Waals surface area contributed by atoms with Gasteiger partial charge in [-0.15, -0.1) is 0 Å². The second-order valence-electron chi connectivity index (χ2n) is 9.45. The van der Waals surface area contributed by atoms with Crippen LogP contribution in [0.4, 0.5) is 0 Å². The summed E-state index contributed by atoms with van der Waals surface area (Å²) >= 11 is 3.67. The summed E-state index contributed by atoms with van der Waals surface area (Å²) in [5.74, 6) is 0. The molecule has 0 amide bonds. The van der Waals surface area contributed by atoms with E-state index in [9.17, 15) is 0 Å². The summed E-state index contributed by atoms with van der Waals surface area (Å²) in [7, 11) is 0. The van der Waals surface area contributed by atoms with Crippen LogP contribution in [0.25, 0.3) is 43.5 Å². The quantitative estimate of drug-likeness (QED) is 0.239. The van der Waals surface area contributed by atoms with Gasteiger partial charge in [0.15, 0.2) is 0 Å². The zero-order valence-electron chi connectivity index (χ0n) is 19.9. The maximum Gasteiger partial charge on any atom is 0.0760 e. The van der Waals surface area contributed by atoms with E-state index in [0.717, 1.165) is 0 Å². The molecule has 37 heavy (non-hydrogen) atoms. The predicted molar refractivity (Wildman–Crippen MR) is 159 cm³/mol. The SMILES string of the molecule is c1ccc(-n2c3ccccc3c3c(-c4ccc(C5=C6Sc7ccccc7C6NS5)cc4)cccc32)cc1. The molecule has 0 spiro atoms. The minimum absolute atomic E-state index is 0.304. The fourth-order valence-corrected chi connectivity index (χ4v) is 8.19. The highest BCUT2D eigenvalue weighted by Crippen LogP contribution is 2.57. The lowest BCUT2D eigenvalue weighted by atomic mass is 9.98. The van der Waals surface area contributed by atoms with E-state index in [4.69, 9.17) is 0 Å². The lowest BCUT2D eigenvalue weighted by Crippen LogP contribution is -2.06. The van der Waals surface area contributed by atoms with Crippen LogP contribution in [0.3, 0.4) is 0 Å². The maximum absolute atomic E-state index is 3.65. The van der Waals surface area contributed by atoms with Gasteiger partial charge in [-0.1, -0.05) is 103 Å². The molecule has 5 aromatic carbocycles. The van der Waals surface area contributed by atoms with Crippen LogP contribution in [-0.2, 0) is 0 Å². The van der Waals surface area contributed by atoms with Crippen LogP contribution in [0.1, 0.15) is 17.2 Å². The molecule has 0 saturated carbocycles. The molecular formula is C33H22N2S2. The van der Waals surface area contributed by atoms with Crippen LogP contribution in [0.2, 0.25) is 0 Å². The third-order valence-corrected chi connectivity index (χ3v) is 9.78. The Balaban J connectivity index is 1.25. The van der Waals surface area contributed by atoms with Gasteiger partial charge in [0, 0.05) is 31.2 Å². The monoisotopic (exact) mass is 510 g/mol. The molecule has 1 atom stereocenters. The first-order valence-electron chi connectivity index (χ1n) is 12.5. The van der Waals surface area contributed by atoms with Crippen molar-refractivity contribution in [2.45, 2.75) is 10.9 Å². The van der Waals surface area contributed by atoms with Gasteiger partial charge >= 0.3 is 0 Å². The first-order valence-corrected chi connectivity index (χ1v) is 14.1. The minimum Gasteiger partial charge on any atom is -0.309 e. The first kappa shape index (κ1) is 21.4. The Kier molecular flexibility index (Phi) is 4.87. The zero-order valence-corrected chi connectivity index (χ0v) is 21.5. The number of nitrogens with one attached hydrogen (secondary N) is 1. The van der Waals surface area contributed by atoms with Crippen LogP contribution in [0.5, 0.6) is 0 Å². The van der Waals surface area contributed by atoms with Crippen LogP contribution in [-0.4, -0.2) is 4.57 Å². The Morgan fingerprint density at radius 2 is 1.35 bits per heavy atom. The molecule has 2 nitrogen and oxygen atoms in total. The van der Waals surface area contributed by atoms with Gasteiger partial charge in [0.25, 0.3) is 0 Å². The van der Waals surface area contributed by atoms with Gasteiger partial charge in [0.1, 0.15) is 0 Å². The number of thioether (sulfide) groups is 1. The van der Waals surface area contributed by atoms with Crippen LogP contribution >= 0.6 is 23.7 Å². The molecule has 0 bridgehead atoms. The molecule has 0 saturated heterocycles. The summed E-state index contributed by atoms with van der Waals surface area (Å²) < 4.78 is 6.03. The van der Waals surface area contributed by atoms with Crippen molar-refractivity contribution >= 4 is 50.4 Å². The average Bonchev–Trinajstić information content (AvgIpc) is 3.64. The summed E-state index contributed by atoms with van der Waals surface area (Å²) in [5.41, 5.74) is 8.83. The minimum atomic E-state index is 0.304. The van der Waals surface area contributed by atoms with Gasteiger partial charge in [-0.05, 0) is 64.5 Å². The molecule has 4 heteroatoms. The van der Waals surface area contributed by atoms with Gasteiger partial charge in [-0.25, -0.2) is 4.72 Å². The van der Waals surface area contributed by atoms with E-state index in [-0.39, 0.29) is 0 Å². The Morgan fingerprint density at radius 3 is 2.24 bits per heavy atom. The number of benzene rings is 5. The van der Waals surface area contributed by atoms with Crippen molar-refractivity contribution in [2.75, 3.05) is 0 Å². The lowest BCUT2D eigenvalue weighted by molar-refractivity contribution is 0.838. The smallest absolute Gasteiger partial charge is 0.0760 e. The highest BCUT2D eigenvalue weighted by molar-refractivity contribution is 8.10. The molecule has 6 aromatic rings. The molecule has 8 rings (SSSR count). The number of rotatable bonds is 3. The third kappa shape index (κ3) is 3.27. The summed E-state index contributed by atoms with van der Waals surface area (Å²) in [6, 6.07) is 44.3. The Labute approximate surface area is 224 Å². The van der Waals surface area contributed by atoms with Crippen molar-refractivity contribution in [2.24, 2.45) is 0 Å². The Morgan fingerprint density at radius 1 is 0.622 bits per heavy atom. The molecule has 1 unspecified atom stereocenters. The van der Waals surface area contributed by atoms with E-state index in [1.807, 2.05) is 11.8 Å². The Bertz CT molecular complexity index is 1850. The topological polar surface area (TPSA) is 17.0 Å². The van der Waals surface area contributed by atoms with Gasteiger partial charge in [-0.3, -0.25) is 0 Å². The maximum atomic E-state index is 3.65. The van der Waals surface area contributed by atoms with Crippen LogP contribution in [0.15, 0.2) is 131 Å². The van der Waals surface area contributed by atoms with Gasteiger partial charge in [0.05, 0.1) is 17.1 Å². The number of nitrogens with zero attached hydrogens (tertiary/aromatic N) is 1. The van der Waals surface area contributed by atoms with Gasteiger partial charge in [-0.2, -0.15) is 0 Å². The largest absolute Gasteiger partial charge is 0.309 e. The zero-order chi connectivity index (χ0) is 24.3. The molecule has 1 aromatic heterocycles. The summed E-state index contributed by atoms with van der Waals surface area (Å²) in [6.07, 6.45) is 0. The van der Waals surface area contributed by atoms with Crippen LogP contribution in [0, 0.1) is 0 Å². The molecule has 2 aliphatic rings. The van der Waals surface area contributed by atoms with E-state index in [1.54, 1.807) is 11.9 Å². The molecule has 3 heterocycles. The third-order valence-electron chi connectivity index (χ3n) is 7.38. The molecule has 0 aliphatic carbocycles. The van der Waals surface area contributed by atoms with E-state index in [1.165, 1.54) is 64.5 Å². The second kappa shape index (κ2) is 8.42. The average molecular weight is 511 g/mol. The lowest BCUT2D eigenvalue weighted by Gasteiger charge is -2.09. The number of hydrogen-bond acceptors (Lipinski definition) is 3. The van der Waals surface area contributed by atoms with Crippen molar-refractivity contribution < 1.29 is 0 Å². The van der Waals surface area contributed by atoms with Crippen molar-refractivity contribution in [3.05, 3.63) is 137 Å². The predicted octanol–water partition coefficient (Wildman–Crippen LogP) is 9.22. The molecule has 2 aliphatic heterocycles. The van der Waals surface area contributed by atoms with Gasteiger partial charge in [0.2, 0.25) is 0 Å². The van der Waals surface area contributed by atoms with E-state index in [2.05, 4.69) is 131 Å². The highest BCUT2D eigenvalue weighted by atomic mass is 32.2. The normalized spacial score (nSPS) is 16.5. The number of aromatic nitrogens is 1. The molecule has 176 valence electrons. The van der Waals surface area contributed by atoms with Crippen molar-refractivity contribution in [1.29, 1.82) is 0 Å². The van der Waals surface area contributed by atoms with Crippen molar-refractivity contribution in [1.82, 2.24) is 9.29 Å². The fraction of sp³-hybridized carbons (Fsp3) is 0.0303. The second-order valence-corrected chi connectivity index (χ2v) is 11.4. The van der Waals surface area contributed by atoms with Gasteiger partial charge < -0.3 is 4.57 Å². The fourth-order valence-electron chi connectivity index (χ4n) is 5.71. The summed E-state index contributed by atoms with van der Waals surface area (Å²) in [5, 5.41) is 2.58. The van der Waals surface area contributed by atoms with E-state index in [0.29, 0.717) is 6.04 Å². The standard InChI is InChI=1S/C33H22N2S2/c1-2-9-23(10-3-1)35-27-14-6-4-11-25(27)30-24(13-8-15-28(30)35)21-17-19-22(20-18-21)32-33-31(34-37-32)26-12-5-7-16-29(26)36-33/h1-20,31,34H. The number of para-hydroxylation sites is 2.